The summed E-state index contributed by atoms with van der Waals surface area (Å²) in [6, 6.07) is -5.83. The summed E-state index contributed by atoms with van der Waals surface area (Å²) in [6.07, 6.45) is -17.0. The molecule has 2 fully saturated rings. The van der Waals surface area contributed by atoms with E-state index in [1.54, 1.807) is 0 Å². The molecule has 1 aromatic heterocycles. The molecular weight excluding hydrogens is 952 g/mol. The maximum Gasteiger partial charge on any atom is 0.330 e. The number of aliphatic hydroxyl groups excluding tert-OH is 4. The van der Waals surface area contributed by atoms with Crippen LogP contribution in [-0.4, -0.2) is 158 Å². The molecule has 2 aliphatic rings. The number of aliphatic carboxylic acids is 2. The summed E-state index contributed by atoms with van der Waals surface area (Å²) in [4.78, 5) is 125. The van der Waals surface area contributed by atoms with Gasteiger partial charge in [0.15, 0.2) is 12.5 Å². The van der Waals surface area contributed by atoms with Crippen LogP contribution in [0.25, 0.3) is 0 Å². The van der Waals surface area contributed by atoms with Gasteiger partial charge < -0.3 is 95.8 Å². The summed E-state index contributed by atoms with van der Waals surface area (Å²) >= 11 is 0. The van der Waals surface area contributed by atoms with Crippen molar-refractivity contribution in [2.75, 3.05) is 19.8 Å². The number of aromatic nitrogens is 2. The first-order valence-electron chi connectivity index (χ1n) is 20.2. The average Bonchev–Trinajstić information content (AvgIpc) is 3.50. The predicted octanol–water partition coefficient (Wildman–Crippen LogP) is -10.3. The average molecular weight is 1000 g/mol. The van der Waals surface area contributed by atoms with Crippen LogP contribution in [0.15, 0.2) is 21.9 Å². The van der Waals surface area contributed by atoms with Crippen LogP contribution in [0.4, 0.5) is 0 Å². The van der Waals surface area contributed by atoms with Gasteiger partial charge in [-0.3, -0.25) is 47.2 Å². The first-order valence-corrected chi connectivity index (χ1v) is 23.1. The van der Waals surface area contributed by atoms with E-state index >= 15 is 0 Å². The Morgan fingerprint density at radius 1 is 0.896 bits per heavy atom. The first-order chi connectivity index (χ1) is 31.2. The molecule has 0 saturated carbocycles. The number of ether oxygens (including phenoxy) is 3. The van der Waals surface area contributed by atoms with Gasteiger partial charge in [0.1, 0.15) is 60.9 Å². The van der Waals surface area contributed by atoms with Crippen molar-refractivity contribution in [3.05, 3.63) is 33.1 Å². The molecule has 0 radical (unpaired) electrons. The third-order valence-corrected chi connectivity index (χ3v) is 12.4. The Morgan fingerprint density at radius 2 is 1.55 bits per heavy atom. The van der Waals surface area contributed by atoms with E-state index in [0.29, 0.717) is 24.0 Å². The van der Waals surface area contributed by atoms with E-state index in [9.17, 15) is 87.9 Å². The number of hydrogen-bond donors (Lipinski definition) is 10. The second-order valence-corrected chi connectivity index (χ2v) is 18.0. The van der Waals surface area contributed by atoms with Crippen molar-refractivity contribution in [1.29, 1.82) is 0 Å². The van der Waals surface area contributed by atoms with Crippen LogP contribution in [0.5, 0.6) is 0 Å². The normalized spacial score (nSPS) is 27.5. The predicted molar refractivity (Wildman–Crippen MR) is 207 cm³/mol. The van der Waals surface area contributed by atoms with Gasteiger partial charge in [0, 0.05) is 25.2 Å². The molecule has 15 atom stereocenters. The summed E-state index contributed by atoms with van der Waals surface area (Å²) in [5, 5.41) is 73.2. The fourth-order valence-electron chi connectivity index (χ4n) is 6.46. The Hall–Kier alpha value is -4.56. The van der Waals surface area contributed by atoms with Gasteiger partial charge in [-0.15, -0.1) is 0 Å². The van der Waals surface area contributed by atoms with E-state index in [1.807, 2.05) is 4.98 Å². The third kappa shape index (κ3) is 16.9. The maximum atomic E-state index is 13.3. The lowest BCUT2D eigenvalue weighted by molar-refractivity contribution is -0.368. The van der Waals surface area contributed by atoms with Crippen LogP contribution in [-0.2, 0) is 65.5 Å². The quantitative estimate of drug-likeness (QED) is 0.0304. The number of nitrogens with one attached hydrogen (secondary N) is 5. The highest BCUT2D eigenvalue weighted by atomic mass is 31.3. The Balaban J connectivity index is 1.71. The zero-order valence-corrected chi connectivity index (χ0v) is 37.6. The number of amides is 4. The maximum absolute atomic E-state index is 13.3. The highest BCUT2D eigenvalue weighted by Gasteiger charge is 2.50. The van der Waals surface area contributed by atoms with Crippen LogP contribution in [0.3, 0.4) is 0 Å². The molecular formula is C34H52N7O24P2-3. The second kappa shape index (κ2) is 25.2. The summed E-state index contributed by atoms with van der Waals surface area (Å²) in [6.45, 7) is 1.15. The number of rotatable bonds is 26. The first kappa shape index (κ1) is 56.8. The molecule has 0 spiro atoms. The molecule has 2 aliphatic heterocycles. The second-order valence-electron chi connectivity index (χ2n) is 15.1. The Kier molecular flexibility index (Phi) is 21.3. The van der Waals surface area contributed by atoms with Crippen molar-refractivity contribution in [3.8, 4) is 0 Å². The Bertz CT molecular complexity index is 2130. The zero-order valence-electron chi connectivity index (χ0n) is 35.8. The lowest BCUT2D eigenvalue weighted by Crippen LogP contribution is -2.66. The molecule has 2 saturated heterocycles. The number of carboxylic acid groups (broad SMARTS) is 2. The minimum atomic E-state index is -6.24. The number of phosphoric ester groups is 2. The molecule has 12 N–H and O–H groups in total. The molecule has 3 heterocycles. The highest BCUT2D eigenvalue weighted by molar-refractivity contribution is 7.59. The Morgan fingerprint density at radius 3 is 2.13 bits per heavy atom. The van der Waals surface area contributed by atoms with Gasteiger partial charge in [0.05, 0.1) is 31.8 Å². The number of carboxylic acids is 2. The van der Waals surface area contributed by atoms with Crippen molar-refractivity contribution < 1.29 is 112 Å². The molecule has 0 aliphatic carbocycles. The molecule has 33 heteroatoms. The summed E-state index contributed by atoms with van der Waals surface area (Å²) in [5.74, 6) is -7.59. The van der Waals surface area contributed by atoms with E-state index in [1.165, 1.54) is 0 Å². The largest absolute Gasteiger partial charge is 0.756 e. The van der Waals surface area contributed by atoms with E-state index in [0.717, 1.165) is 33.0 Å². The third-order valence-electron chi connectivity index (χ3n) is 9.86. The summed E-state index contributed by atoms with van der Waals surface area (Å²) in [5.41, 5.74) is 1.73. The number of aliphatic hydroxyl groups is 4. The van der Waals surface area contributed by atoms with Crippen molar-refractivity contribution in [2.45, 2.75) is 132 Å². The summed E-state index contributed by atoms with van der Waals surface area (Å²) in [7, 11) is -12.3. The number of carbonyl (C=O) groups is 6. The van der Waals surface area contributed by atoms with Crippen LogP contribution in [0.1, 0.15) is 59.1 Å². The minimum Gasteiger partial charge on any atom is -0.756 e. The van der Waals surface area contributed by atoms with E-state index < -0.39 is 168 Å². The van der Waals surface area contributed by atoms with Gasteiger partial charge in [-0.2, -0.15) is 0 Å². The number of quaternary nitrogens is 1. The molecule has 4 amide bonds. The fraction of sp³-hybridized carbons (Fsp3) is 0.706. The number of hydrogen-bond acceptors (Lipinski definition) is 24. The molecule has 31 nitrogen and oxygen atoms in total. The SMILES string of the molecule is CC(=O)N[C@H]1C(OP(=O)([O-])OP(=O)([O-])OC[C@H]2O[C@@H](n3ccc(=O)[nH]c3=O)[C@H](O)[C@@H]2O)O[C@H](CO)[C@@H](O)[C@@H]1O[C@H](C)C(=O)N[C@@H](C)C(=O)N[C@H](CCC(=O)[O-])C(=O)N[C@@H](CCCC[NH3+])C(=O)[O-]. The number of phosphoric acid groups is 2. The highest BCUT2D eigenvalue weighted by Crippen LogP contribution is 2.57. The lowest BCUT2D eigenvalue weighted by Gasteiger charge is -2.46. The zero-order chi connectivity index (χ0) is 50.6. The Labute approximate surface area is 378 Å². The number of unbranched alkanes of at least 4 members (excludes halogenated alkanes) is 1. The number of aromatic amines is 1. The molecule has 3 rings (SSSR count). The van der Waals surface area contributed by atoms with Crippen molar-refractivity contribution in [1.82, 2.24) is 30.8 Å². The van der Waals surface area contributed by atoms with Gasteiger partial charge in [0.25, 0.3) is 21.2 Å². The van der Waals surface area contributed by atoms with Gasteiger partial charge in [-0.25, -0.2) is 9.11 Å². The van der Waals surface area contributed by atoms with Crippen molar-refractivity contribution >= 4 is 51.2 Å². The molecule has 0 bridgehead atoms. The molecule has 0 aromatic carbocycles. The number of nitrogens with zero attached hydrogens (tertiary/aromatic N) is 1. The van der Waals surface area contributed by atoms with Gasteiger partial charge in [-0.05, 0) is 46.0 Å². The smallest absolute Gasteiger partial charge is 0.330 e. The number of carbonyl (C=O) groups excluding carboxylic acids is 6. The van der Waals surface area contributed by atoms with Crippen LogP contribution in [0.2, 0.25) is 0 Å². The van der Waals surface area contributed by atoms with Gasteiger partial charge in [-0.1, -0.05) is 0 Å². The van der Waals surface area contributed by atoms with Crippen LogP contribution in [0, 0.1) is 0 Å². The van der Waals surface area contributed by atoms with Crippen molar-refractivity contribution in [3.63, 3.8) is 0 Å². The van der Waals surface area contributed by atoms with Gasteiger partial charge >= 0.3 is 5.69 Å². The minimum absolute atomic E-state index is 0.0706. The van der Waals surface area contributed by atoms with Crippen LogP contribution < -0.4 is 58.2 Å². The van der Waals surface area contributed by atoms with E-state index in [-0.39, 0.29) is 6.42 Å². The van der Waals surface area contributed by atoms with E-state index in [4.69, 9.17) is 18.7 Å². The monoisotopic (exact) mass is 1000 g/mol. The standard InChI is InChI=1S/C34H55N7O24P2/c1-14(28(50)38-17(7-8-22(45)46)30(52)39-18(32(53)54)6-4-5-10-35)36-29(51)15(2)61-27-23(37-16(3)43)33(63-19(12-42)25(27)48)64-67(58,59)65-66(56,57)60-13-20-24(47)26(49)31(62-20)41-11-9-21(44)40-34(41)55/h9,11,14-15,17-20,23-27,31,33,42,47-49H,4-8,10,12-13,35H2,1-3H3,(H,36,51)(H,37,43)(H,38,50)(H,39,52)(H,45,46)(H,53,54)(H,56,57)(H,58,59)(H,40,44,55)/p-3/t14-,15+,17+,18-,19+,20+,23+,24+,25+,26+,27+,31+,33?/m0/s1. The van der Waals surface area contributed by atoms with E-state index in [2.05, 4.69) is 35.8 Å². The number of H-pyrrole nitrogens is 1. The fourth-order valence-corrected chi connectivity index (χ4v) is 8.54. The summed E-state index contributed by atoms with van der Waals surface area (Å²) < 4.78 is 55.9. The molecule has 1 aromatic rings. The molecule has 67 heavy (non-hydrogen) atoms. The lowest BCUT2D eigenvalue weighted by atomic mass is 9.96. The van der Waals surface area contributed by atoms with Gasteiger partial charge in [0.2, 0.25) is 23.6 Å². The van der Waals surface area contributed by atoms with Crippen LogP contribution >= 0.6 is 15.6 Å². The molecule has 3 unspecified atom stereocenters. The molecule has 380 valence electrons. The topological polar surface area (TPSA) is 496 Å². The van der Waals surface area contributed by atoms with Crippen molar-refractivity contribution in [2.24, 2.45) is 0 Å².